The minimum absolute atomic E-state index is 0.0866. The molecule has 3 rings (SSSR count). The summed E-state index contributed by atoms with van der Waals surface area (Å²) in [6, 6.07) is 4.69. The van der Waals surface area contributed by atoms with Crippen LogP contribution in [0.2, 0.25) is 0 Å². The first-order valence-electron chi connectivity index (χ1n) is 8.18. The summed E-state index contributed by atoms with van der Waals surface area (Å²) in [6.07, 6.45) is 1.67. The summed E-state index contributed by atoms with van der Waals surface area (Å²) in [5, 5.41) is 11.1. The number of carbonyl (C=O) groups is 2. The number of aliphatic hydroxyl groups is 1. The number of aliphatic hydroxyl groups excluding tert-OH is 1. The molecule has 2 amide bonds. The van der Waals surface area contributed by atoms with E-state index >= 15 is 0 Å². The van der Waals surface area contributed by atoms with Crippen LogP contribution in [0.3, 0.4) is 0 Å². The Labute approximate surface area is 144 Å². The molecule has 7 nitrogen and oxygen atoms in total. The number of fused-ring (bicyclic) bond motifs is 1. The van der Waals surface area contributed by atoms with Crippen LogP contribution < -0.4 is 11.0 Å². The largest absolute Gasteiger partial charge is 0.396 e. The van der Waals surface area contributed by atoms with Gasteiger partial charge in [0.1, 0.15) is 6.04 Å². The number of unbranched alkanes of at least 4 members (excludes halogenated alkanes) is 1. The fraction of sp³-hybridized carbons (Fsp3) is 0.389. The van der Waals surface area contributed by atoms with Gasteiger partial charge in [0.2, 0.25) is 11.8 Å². The predicted octanol–water partition coefficient (Wildman–Crippen LogP) is 0.442. The van der Waals surface area contributed by atoms with Crippen LogP contribution in [0.1, 0.15) is 37.3 Å². The number of amides is 2. The minimum atomic E-state index is -0.702. The Hall–Kier alpha value is -2.85. The van der Waals surface area contributed by atoms with E-state index in [2.05, 4.69) is 17.2 Å². The van der Waals surface area contributed by atoms with Gasteiger partial charge >= 0.3 is 5.69 Å². The normalized spacial score (nSPS) is 17.3. The molecular weight excluding hydrogens is 322 g/mol. The number of imidazole rings is 1. The third kappa shape index (κ3) is 3.08. The molecule has 1 atom stereocenters. The monoisotopic (exact) mass is 341 g/mol. The second-order valence-corrected chi connectivity index (χ2v) is 5.98. The Bertz CT molecular complexity index is 958. The number of aryl methyl sites for hydroxylation is 1. The Morgan fingerprint density at radius 2 is 2.12 bits per heavy atom. The second-order valence-electron chi connectivity index (χ2n) is 5.98. The van der Waals surface area contributed by atoms with Gasteiger partial charge in [0.25, 0.3) is 0 Å². The second kappa shape index (κ2) is 6.95. The van der Waals surface area contributed by atoms with Crippen LogP contribution in [0.25, 0.3) is 11.0 Å². The molecule has 2 aromatic rings. The van der Waals surface area contributed by atoms with Crippen molar-refractivity contribution in [3.05, 3.63) is 34.2 Å². The molecule has 0 aliphatic carbocycles. The summed E-state index contributed by atoms with van der Waals surface area (Å²) in [4.78, 5) is 36.3. The molecule has 7 heteroatoms. The number of piperidine rings is 1. The standard InChI is InChI=1S/C18H19N3O4/c1-20-16-12(6-3-2-4-11-22)7-5-8-13(16)21(18(20)25)14-9-10-15(23)19-17(14)24/h5,7-8,14,22H,2,4,9-11H2,1H3,(H,19,23,24). The average molecular weight is 341 g/mol. The summed E-state index contributed by atoms with van der Waals surface area (Å²) in [7, 11) is 1.64. The maximum atomic E-state index is 12.7. The molecule has 25 heavy (non-hydrogen) atoms. The van der Waals surface area contributed by atoms with Crippen LogP contribution in [0.4, 0.5) is 0 Å². The number of rotatable bonds is 3. The Morgan fingerprint density at radius 1 is 1.32 bits per heavy atom. The number of para-hydroxylation sites is 1. The van der Waals surface area contributed by atoms with Gasteiger partial charge in [0.15, 0.2) is 0 Å². The van der Waals surface area contributed by atoms with Crippen molar-refractivity contribution in [3.8, 4) is 11.8 Å². The van der Waals surface area contributed by atoms with Gasteiger partial charge in [0.05, 0.1) is 16.6 Å². The Kier molecular flexibility index (Phi) is 4.72. The lowest BCUT2D eigenvalue weighted by atomic mass is 10.1. The molecule has 0 bridgehead atoms. The lowest BCUT2D eigenvalue weighted by molar-refractivity contribution is -0.135. The number of carbonyl (C=O) groups excluding carboxylic acids is 2. The van der Waals surface area contributed by atoms with E-state index in [-0.39, 0.29) is 24.6 Å². The van der Waals surface area contributed by atoms with Crippen LogP contribution in [-0.4, -0.2) is 32.7 Å². The van der Waals surface area contributed by atoms with E-state index in [1.807, 2.05) is 6.07 Å². The highest BCUT2D eigenvalue weighted by Crippen LogP contribution is 2.24. The van der Waals surface area contributed by atoms with E-state index in [9.17, 15) is 14.4 Å². The van der Waals surface area contributed by atoms with Gasteiger partial charge in [-0.25, -0.2) is 4.79 Å². The third-order valence-electron chi connectivity index (χ3n) is 4.31. The zero-order valence-electron chi connectivity index (χ0n) is 13.9. The number of hydrogen-bond donors (Lipinski definition) is 2. The van der Waals surface area contributed by atoms with Crippen molar-refractivity contribution in [2.24, 2.45) is 7.05 Å². The molecule has 1 saturated heterocycles. The molecule has 2 heterocycles. The molecule has 1 aromatic carbocycles. The molecule has 1 unspecified atom stereocenters. The van der Waals surface area contributed by atoms with E-state index < -0.39 is 11.9 Å². The third-order valence-corrected chi connectivity index (χ3v) is 4.31. The van der Waals surface area contributed by atoms with Crippen molar-refractivity contribution in [3.63, 3.8) is 0 Å². The quantitative estimate of drug-likeness (QED) is 0.481. The van der Waals surface area contributed by atoms with Crippen LogP contribution >= 0.6 is 0 Å². The smallest absolute Gasteiger partial charge is 0.329 e. The van der Waals surface area contributed by atoms with Crippen molar-refractivity contribution in [1.82, 2.24) is 14.5 Å². The number of aromatic nitrogens is 2. The van der Waals surface area contributed by atoms with Crippen LogP contribution in [0.15, 0.2) is 23.0 Å². The number of imide groups is 1. The van der Waals surface area contributed by atoms with Crippen LogP contribution in [0, 0.1) is 11.8 Å². The highest BCUT2D eigenvalue weighted by molar-refractivity contribution is 6.00. The first-order chi connectivity index (χ1) is 12.0. The molecule has 2 N–H and O–H groups in total. The first kappa shape index (κ1) is 17.0. The Morgan fingerprint density at radius 3 is 2.84 bits per heavy atom. The lowest BCUT2D eigenvalue weighted by Gasteiger charge is -2.21. The first-order valence-corrected chi connectivity index (χ1v) is 8.18. The zero-order valence-corrected chi connectivity index (χ0v) is 13.9. The number of hydrogen-bond acceptors (Lipinski definition) is 4. The summed E-state index contributed by atoms with van der Waals surface area (Å²) >= 11 is 0. The molecule has 1 aliphatic heterocycles. The van der Waals surface area contributed by atoms with E-state index in [1.165, 1.54) is 9.13 Å². The number of nitrogens with zero attached hydrogens (tertiary/aromatic N) is 2. The van der Waals surface area contributed by atoms with Crippen molar-refractivity contribution < 1.29 is 14.7 Å². The molecule has 1 fully saturated rings. The average Bonchev–Trinajstić information content (AvgIpc) is 2.84. The highest BCUT2D eigenvalue weighted by Gasteiger charge is 2.31. The van der Waals surface area contributed by atoms with Gasteiger partial charge in [-0.05, 0) is 25.0 Å². The lowest BCUT2D eigenvalue weighted by Crippen LogP contribution is -2.44. The molecule has 130 valence electrons. The zero-order chi connectivity index (χ0) is 18.0. The van der Waals surface area contributed by atoms with Crippen molar-refractivity contribution in [2.75, 3.05) is 6.61 Å². The maximum Gasteiger partial charge on any atom is 0.329 e. The summed E-state index contributed by atoms with van der Waals surface area (Å²) in [6.45, 7) is 0.0866. The highest BCUT2D eigenvalue weighted by atomic mass is 16.3. The van der Waals surface area contributed by atoms with Gasteiger partial charge in [-0.15, -0.1) is 0 Å². The van der Waals surface area contributed by atoms with E-state index in [4.69, 9.17) is 5.11 Å². The van der Waals surface area contributed by atoms with E-state index in [0.717, 1.165) is 0 Å². The van der Waals surface area contributed by atoms with Gasteiger partial charge in [-0.3, -0.25) is 24.0 Å². The molecule has 0 radical (unpaired) electrons. The van der Waals surface area contributed by atoms with Gasteiger partial charge in [-0.2, -0.15) is 0 Å². The molecule has 0 spiro atoms. The Balaban J connectivity index is 2.11. The van der Waals surface area contributed by atoms with Gasteiger partial charge < -0.3 is 5.11 Å². The maximum absolute atomic E-state index is 12.7. The summed E-state index contributed by atoms with van der Waals surface area (Å²) in [5.41, 5.74) is 1.67. The number of benzene rings is 1. The van der Waals surface area contributed by atoms with Crippen molar-refractivity contribution in [2.45, 2.75) is 31.7 Å². The van der Waals surface area contributed by atoms with E-state index in [1.54, 1.807) is 19.2 Å². The fourth-order valence-electron chi connectivity index (χ4n) is 3.09. The molecule has 0 saturated carbocycles. The van der Waals surface area contributed by atoms with Crippen molar-refractivity contribution >= 4 is 22.8 Å². The predicted molar refractivity (Wildman–Crippen MR) is 91.8 cm³/mol. The summed E-state index contributed by atoms with van der Waals surface area (Å²) in [5.74, 6) is 5.25. The molecule has 1 aromatic heterocycles. The topological polar surface area (TPSA) is 93.3 Å². The van der Waals surface area contributed by atoms with E-state index in [0.29, 0.717) is 35.9 Å². The summed E-state index contributed by atoms with van der Waals surface area (Å²) < 4.78 is 2.92. The SMILES string of the molecule is Cn1c(=O)n(C2CCC(=O)NC2=O)c2cccc(C#CCCCO)c21. The van der Waals surface area contributed by atoms with Crippen LogP contribution in [0.5, 0.6) is 0 Å². The fourth-order valence-corrected chi connectivity index (χ4v) is 3.09. The van der Waals surface area contributed by atoms with Gasteiger partial charge in [0, 0.05) is 26.5 Å². The number of nitrogens with one attached hydrogen (secondary N) is 1. The van der Waals surface area contributed by atoms with Gasteiger partial charge in [-0.1, -0.05) is 17.9 Å². The minimum Gasteiger partial charge on any atom is -0.396 e. The molecule has 1 aliphatic rings. The molecular formula is C18H19N3O4. The van der Waals surface area contributed by atoms with Crippen molar-refractivity contribution in [1.29, 1.82) is 0 Å². The van der Waals surface area contributed by atoms with Crippen LogP contribution in [-0.2, 0) is 16.6 Å².